The Morgan fingerprint density at radius 2 is 1.97 bits per heavy atom. The lowest BCUT2D eigenvalue weighted by Crippen LogP contribution is -2.60. The van der Waals surface area contributed by atoms with Crippen LogP contribution in [0.25, 0.3) is 0 Å². The van der Waals surface area contributed by atoms with Crippen LogP contribution in [0, 0.1) is 0 Å². The van der Waals surface area contributed by atoms with Crippen molar-refractivity contribution in [3.8, 4) is 5.75 Å². The number of carbonyl (C=O) groups is 1. The lowest BCUT2D eigenvalue weighted by atomic mass is 10.1. The molecule has 1 N–H and O–H groups in total. The normalized spacial score (nSPS) is 18.0. The molecule has 0 spiro atoms. The summed E-state index contributed by atoms with van der Waals surface area (Å²) in [7, 11) is -2.38. The Morgan fingerprint density at radius 1 is 1.20 bits per heavy atom. The number of amides is 1. The summed E-state index contributed by atoms with van der Waals surface area (Å²) >= 11 is 0. The van der Waals surface area contributed by atoms with Crippen LogP contribution in [0.3, 0.4) is 0 Å². The first-order chi connectivity index (χ1) is 14.5. The number of carbonyl (C=O) groups excluding carboxylic acids is 1. The smallest absolute Gasteiger partial charge is 0.244 e. The van der Waals surface area contributed by atoms with Crippen LogP contribution >= 0.6 is 0 Å². The standard InChI is InChI=1S/C22H27N3O4S/c1-3-12-24-13-14-25(30(27,28)20-11-7-10-19(15-20)29-2)21(17-24)22(26)23-16-18-8-5-4-6-9-18/h3-11,15,21H,1,12-14,16-17H2,2H3,(H,23,26). The first kappa shape index (κ1) is 22.0. The van der Waals surface area contributed by atoms with Crippen molar-refractivity contribution in [3.05, 3.63) is 72.8 Å². The van der Waals surface area contributed by atoms with E-state index in [-0.39, 0.29) is 17.3 Å². The SMILES string of the molecule is C=CCN1CCN(S(=O)(=O)c2cccc(OC)c2)C(C(=O)NCc2ccccc2)C1. The van der Waals surface area contributed by atoms with Crippen LogP contribution in [-0.2, 0) is 21.4 Å². The molecule has 2 aromatic carbocycles. The van der Waals surface area contributed by atoms with E-state index in [0.29, 0.717) is 31.9 Å². The number of piperazine rings is 1. The molecule has 1 amide bonds. The zero-order chi connectivity index (χ0) is 21.6. The maximum Gasteiger partial charge on any atom is 0.244 e. The molecule has 1 saturated heterocycles. The third-order valence-electron chi connectivity index (χ3n) is 5.06. The summed E-state index contributed by atoms with van der Waals surface area (Å²) in [5.74, 6) is 0.130. The van der Waals surface area contributed by atoms with E-state index >= 15 is 0 Å². The van der Waals surface area contributed by atoms with Crippen LogP contribution < -0.4 is 10.1 Å². The minimum atomic E-state index is -3.87. The van der Waals surface area contributed by atoms with Gasteiger partial charge in [-0.15, -0.1) is 6.58 Å². The number of nitrogens with zero attached hydrogens (tertiary/aromatic N) is 2. The highest BCUT2D eigenvalue weighted by Gasteiger charge is 2.39. The summed E-state index contributed by atoms with van der Waals surface area (Å²) in [6, 6.07) is 15.0. The van der Waals surface area contributed by atoms with Crippen LogP contribution in [0.2, 0.25) is 0 Å². The van der Waals surface area contributed by atoms with E-state index in [1.54, 1.807) is 18.2 Å². The first-order valence-corrected chi connectivity index (χ1v) is 11.2. The highest BCUT2D eigenvalue weighted by molar-refractivity contribution is 7.89. The van der Waals surface area contributed by atoms with Crippen LogP contribution in [0.15, 0.2) is 72.1 Å². The van der Waals surface area contributed by atoms with Gasteiger partial charge < -0.3 is 10.1 Å². The van der Waals surface area contributed by atoms with E-state index in [4.69, 9.17) is 4.74 Å². The fourth-order valence-corrected chi connectivity index (χ4v) is 5.08. The van der Waals surface area contributed by atoms with Gasteiger partial charge in [0.1, 0.15) is 11.8 Å². The first-order valence-electron chi connectivity index (χ1n) is 9.76. The van der Waals surface area contributed by atoms with Crippen LogP contribution in [-0.4, -0.2) is 62.9 Å². The molecule has 2 aromatic rings. The maximum absolute atomic E-state index is 13.4. The van der Waals surface area contributed by atoms with Gasteiger partial charge in [0.15, 0.2) is 0 Å². The molecule has 0 aromatic heterocycles. The molecule has 1 aliphatic rings. The third-order valence-corrected chi connectivity index (χ3v) is 6.97. The average molecular weight is 430 g/mol. The second kappa shape index (κ2) is 9.88. The maximum atomic E-state index is 13.4. The van der Waals surface area contributed by atoms with Crippen molar-refractivity contribution >= 4 is 15.9 Å². The highest BCUT2D eigenvalue weighted by atomic mass is 32.2. The average Bonchev–Trinajstić information content (AvgIpc) is 2.78. The Morgan fingerprint density at radius 3 is 2.67 bits per heavy atom. The van der Waals surface area contributed by atoms with Crippen LogP contribution in [0.1, 0.15) is 5.56 Å². The molecule has 0 bridgehead atoms. The Kier molecular flexibility index (Phi) is 7.25. The van der Waals surface area contributed by atoms with E-state index in [9.17, 15) is 13.2 Å². The second-order valence-electron chi connectivity index (χ2n) is 7.06. The number of methoxy groups -OCH3 is 1. The highest BCUT2D eigenvalue weighted by Crippen LogP contribution is 2.24. The zero-order valence-corrected chi connectivity index (χ0v) is 17.8. The van der Waals surface area contributed by atoms with Gasteiger partial charge in [-0.3, -0.25) is 9.69 Å². The Balaban J connectivity index is 1.84. The summed E-state index contributed by atoms with van der Waals surface area (Å²) in [6.45, 7) is 5.72. The van der Waals surface area contributed by atoms with Crippen LogP contribution in [0.4, 0.5) is 0 Å². The summed E-state index contributed by atoms with van der Waals surface area (Å²) in [5, 5.41) is 2.89. The summed E-state index contributed by atoms with van der Waals surface area (Å²) in [6.07, 6.45) is 1.76. The topological polar surface area (TPSA) is 79.0 Å². The number of ether oxygens (including phenoxy) is 1. The summed E-state index contributed by atoms with van der Waals surface area (Å²) < 4.78 is 33.2. The van der Waals surface area contributed by atoms with Gasteiger partial charge >= 0.3 is 0 Å². The zero-order valence-electron chi connectivity index (χ0n) is 17.0. The predicted octanol–water partition coefficient (Wildman–Crippen LogP) is 1.87. The van der Waals surface area contributed by atoms with Crippen LogP contribution in [0.5, 0.6) is 5.75 Å². The number of benzene rings is 2. The number of hydrogen-bond acceptors (Lipinski definition) is 5. The van der Waals surface area contributed by atoms with Gasteiger partial charge in [-0.1, -0.05) is 42.5 Å². The Labute approximate surface area is 178 Å². The number of hydrogen-bond donors (Lipinski definition) is 1. The molecule has 0 aliphatic carbocycles. The van der Waals surface area contributed by atoms with Gasteiger partial charge in [-0.25, -0.2) is 8.42 Å². The molecule has 1 fully saturated rings. The molecule has 0 saturated carbocycles. The summed E-state index contributed by atoms with van der Waals surface area (Å²) in [4.78, 5) is 15.2. The van der Waals surface area contributed by atoms with Crippen molar-refractivity contribution in [3.63, 3.8) is 0 Å². The largest absolute Gasteiger partial charge is 0.497 e. The molecule has 3 rings (SSSR count). The van der Waals surface area contributed by atoms with E-state index in [1.165, 1.54) is 23.5 Å². The Bertz CT molecular complexity index is 979. The molecular formula is C22H27N3O4S. The van der Waals surface area contributed by atoms with Crippen molar-refractivity contribution in [2.75, 3.05) is 33.3 Å². The molecule has 0 radical (unpaired) electrons. The Hall–Kier alpha value is -2.68. The lowest BCUT2D eigenvalue weighted by Gasteiger charge is -2.39. The van der Waals surface area contributed by atoms with Crippen molar-refractivity contribution in [2.45, 2.75) is 17.5 Å². The lowest BCUT2D eigenvalue weighted by molar-refractivity contribution is -0.126. The van der Waals surface area contributed by atoms with Gasteiger partial charge in [0.2, 0.25) is 15.9 Å². The molecule has 7 nitrogen and oxygen atoms in total. The van der Waals surface area contributed by atoms with Gasteiger partial charge in [0.05, 0.1) is 12.0 Å². The molecule has 1 aliphatic heterocycles. The van der Waals surface area contributed by atoms with E-state index < -0.39 is 16.1 Å². The molecule has 1 unspecified atom stereocenters. The van der Waals surface area contributed by atoms with Gasteiger partial charge in [-0.05, 0) is 17.7 Å². The van der Waals surface area contributed by atoms with Gasteiger partial charge in [0, 0.05) is 38.8 Å². The van der Waals surface area contributed by atoms with Gasteiger partial charge in [0.25, 0.3) is 0 Å². The minimum Gasteiger partial charge on any atom is -0.497 e. The molecular weight excluding hydrogens is 402 g/mol. The number of sulfonamides is 1. The van der Waals surface area contributed by atoms with Crippen molar-refractivity contribution in [1.82, 2.24) is 14.5 Å². The monoisotopic (exact) mass is 429 g/mol. The van der Waals surface area contributed by atoms with E-state index in [1.807, 2.05) is 35.2 Å². The number of nitrogens with one attached hydrogen (secondary N) is 1. The molecule has 1 heterocycles. The minimum absolute atomic E-state index is 0.111. The van der Waals surface area contributed by atoms with Crippen molar-refractivity contribution in [1.29, 1.82) is 0 Å². The number of rotatable bonds is 8. The fourth-order valence-electron chi connectivity index (χ4n) is 3.47. The van der Waals surface area contributed by atoms with E-state index in [0.717, 1.165) is 5.56 Å². The molecule has 8 heteroatoms. The van der Waals surface area contributed by atoms with E-state index in [2.05, 4.69) is 11.9 Å². The third kappa shape index (κ3) is 5.08. The van der Waals surface area contributed by atoms with Gasteiger partial charge in [-0.2, -0.15) is 4.31 Å². The summed E-state index contributed by atoms with van der Waals surface area (Å²) in [5.41, 5.74) is 0.951. The predicted molar refractivity (Wildman–Crippen MR) is 116 cm³/mol. The molecule has 30 heavy (non-hydrogen) atoms. The van der Waals surface area contributed by atoms with Crippen molar-refractivity contribution in [2.24, 2.45) is 0 Å². The second-order valence-corrected chi connectivity index (χ2v) is 8.95. The quantitative estimate of drug-likeness (QED) is 0.648. The fraction of sp³-hybridized carbons (Fsp3) is 0.318. The van der Waals surface area contributed by atoms with Crippen molar-refractivity contribution < 1.29 is 17.9 Å². The molecule has 160 valence electrons. The molecule has 1 atom stereocenters.